The summed E-state index contributed by atoms with van der Waals surface area (Å²) in [4.78, 5) is 15.4. The third kappa shape index (κ3) is 3.05. The first-order valence-electron chi connectivity index (χ1n) is 6.61. The summed E-state index contributed by atoms with van der Waals surface area (Å²) in [5, 5.41) is 0.459. The number of benzene rings is 2. The highest BCUT2D eigenvalue weighted by atomic mass is 35.5. The zero-order valence-electron chi connectivity index (χ0n) is 11.6. The van der Waals surface area contributed by atoms with Crippen LogP contribution in [0.4, 0.5) is 18.9 Å². The molecule has 6 heteroatoms. The molecule has 2 aromatic carbocycles. The van der Waals surface area contributed by atoms with Gasteiger partial charge in [-0.05, 0) is 42.0 Å². The van der Waals surface area contributed by atoms with Crippen molar-refractivity contribution < 1.29 is 18.0 Å². The van der Waals surface area contributed by atoms with Crippen LogP contribution in [0.2, 0.25) is 5.02 Å². The highest BCUT2D eigenvalue weighted by molar-refractivity contribution is 6.53. The first-order chi connectivity index (χ1) is 10.9. The summed E-state index contributed by atoms with van der Waals surface area (Å²) >= 11 is 5.95. The predicted octanol–water partition coefficient (Wildman–Crippen LogP) is 5.18. The number of fused-ring (bicyclic) bond motifs is 1. The molecule has 0 fully saturated rings. The second-order valence-electron chi connectivity index (χ2n) is 4.96. The van der Waals surface area contributed by atoms with Crippen molar-refractivity contribution in [3.63, 3.8) is 0 Å². The summed E-state index contributed by atoms with van der Waals surface area (Å²) in [6, 6.07) is 9.81. The Kier molecular flexibility index (Phi) is 3.82. The van der Waals surface area contributed by atoms with Crippen molar-refractivity contribution in [1.29, 1.82) is 0 Å². The lowest BCUT2D eigenvalue weighted by Gasteiger charge is -2.08. The number of alkyl halides is 3. The van der Waals surface area contributed by atoms with Crippen LogP contribution < -0.4 is 0 Å². The lowest BCUT2D eigenvalue weighted by molar-refractivity contribution is -0.137. The molecule has 0 saturated heterocycles. The lowest BCUT2D eigenvalue weighted by Crippen LogP contribution is -2.04. The minimum absolute atomic E-state index is 0.166. The van der Waals surface area contributed by atoms with Gasteiger partial charge in [0, 0.05) is 16.2 Å². The lowest BCUT2D eigenvalue weighted by atomic mass is 9.99. The van der Waals surface area contributed by atoms with E-state index in [1.807, 2.05) is 0 Å². The Morgan fingerprint density at radius 2 is 1.87 bits per heavy atom. The van der Waals surface area contributed by atoms with Crippen molar-refractivity contribution >= 4 is 40.9 Å². The van der Waals surface area contributed by atoms with Crippen LogP contribution in [0, 0.1) is 0 Å². The SMILES string of the molecule is O=CC1=Nc2ccc(Cl)cc2C1=Cc1cccc(C(F)(F)F)c1. The number of allylic oxidation sites excluding steroid dienone is 1. The number of nitrogens with zero attached hydrogens (tertiary/aromatic N) is 1. The third-order valence-corrected chi connectivity index (χ3v) is 3.64. The summed E-state index contributed by atoms with van der Waals surface area (Å²) in [5.74, 6) is 0. The maximum Gasteiger partial charge on any atom is 0.416 e. The van der Waals surface area contributed by atoms with E-state index in [4.69, 9.17) is 11.6 Å². The minimum atomic E-state index is -4.42. The number of hydrogen-bond donors (Lipinski definition) is 0. The number of aliphatic imine (C=N–C) groups is 1. The molecule has 2 aromatic rings. The van der Waals surface area contributed by atoms with Gasteiger partial charge in [0.2, 0.25) is 0 Å². The molecule has 0 saturated carbocycles. The molecular weight excluding hydrogens is 327 g/mol. The average molecular weight is 336 g/mol. The predicted molar refractivity (Wildman–Crippen MR) is 83.9 cm³/mol. The van der Waals surface area contributed by atoms with Gasteiger partial charge < -0.3 is 0 Å². The van der Waals surface area contributed by atoms with Crippen LogP contribution in [-0.4, -0.2) is 12.0 Å². The van der Waals surface area contributed by atoms with Gasteiger partial charge in [0.15, 0.2) is 6.29 Å². The van der Waals surface area contributed by atoms with Crippen molar-refractivity contribution in [2.45, 2.75) is 6.18 Å². The van der Waals surface area contributed by atoms with E-state index in [2.05, 4.69) is 4.99 Å². The topological polar surface area (TPSA) is 29.4 Å². The monoisotopic (exact) mass is 335 g/mol. The number of rotatable bonds is 2. The van der Waals surface area contributed by atoms with Crippen molar-refractivity contribution in [2.75, 3.05) is 0 Å². The molecule has 0 bridgehead atoms. The van der Waals surface area contributed by atoms with Crippen molar-refractivity contribution in [2.24, 2.45) is 4.99 Å². The van der Waals surface area contributed by atoms with E-state index in [1.54, 1.807) is 18.2 Å². The smallest absolute Gasteiger partial charge is 0.296 e. The van der Waals surface area contributed by atoms with Gasteiger partial charge in [-0.3, -0.25) is 4.79 Å². The second-order valence-corrected chi connectivity index (χ2v) is 5.39. The molecule has 0 spiro atoms. The van der Waals surface area contributed by atoms with Crippen LogP contribution in [0.3, 0.4) is 0 Å². The highest BCUT2D eigenvalue weighted by Crippen LogP contribution is 2.37. The van der Waals surface area contributed by atoms with E-state index in [9.17, 15) is 18.0 Å². The van der Waals surface area contributed by atoms with Crippen molar-refractivity contribution in [3.8, 4) is 0 Å². The number of aldehydes is 1. The van der Waals surface area contributed by atoms with Gasteiger partial charge in [-0.2, -0.15) is 13.2 Å². The summed E-state index contributed by atoms with van der Waals surface area (Å²) in [5.41, 5.74) is 1.39. The summed E-state index contributed by atoms with van der Waals surface area (Å²) in [7, 11) is 0. The Balaban J connectivity index is 2.11. The molecule has 1 heterocycles. The van der Waals surface area contributed by atoms with E-state index >= 15 is 0 Å². The normalized spacial score (nSPS) is 15.5. The number of halogens is 4. The number of hydrogen-bond acceptors (Lipinski definition) is 2. The fourth-order valence-corrected chi connectivity index (χ4v) is 2.53. The van der Waals surface area contributed by atoms with Crippen LogP contribution >= 0.6 is 11.6 Å². The molecule has 116 valence electrons. The van der Waals surface area contributed by atoms with Crippen LogP contribution in [0.25, 0.3) is 11.6 Å². The quantitative estimate of drug-likeness (QED) is 0.695. The second kappa shape index (κ2) is 5.66. The van der Waals surface area contributed by atoms with Gasteiger partial charge in [0.25, 0.3) is 0 Å². The summed E-state index contributed by atoms with van der Waals surface area (Å²) in [6.07, 6.45) is -2.34. The Hall–Kier alpha value is -2.40. The van der Waals surface area contributed by atoms with Crippen LogP contribution in [-0.2, 0) is 11.0 Å². The molecule has 0 atom stereocenters. The Morgan fingerprint density at radius 1 is 1.09 bits per heavy atom. The van der Waals surface area contributed by atoms with Gasteiger partial charge in [-0.25, -0.2) is 4.99 Å². The van der Waals surface area contributed by atoms with Gasteiger partial charge in [0.05, 0.1) is 11.3 Å². The van der Waals surface area contributed by atoms with Gasteiger partial charge in [-0.15, -0.1) is 0 Å². The molecule has 1 aliphatic heterocycles. The van der Waals surface area contributed by atoms with Crippen molar-refractivity contribution in [1.82, 2.24) is 0 Å². The molecule has 0 aromatic heterocycles. The maximum absolute atomic E-state index is 12.8. The highest BCUT2D eigenvalue weighted by Gasteiger charge is 2.30. The molecule has 2 nitrogen and oxygen atoms in total. The van der Waals surface area contributed by atoms with Crippen molar-refractivity contribution in [3.05, 3.63) is 64.2 Å². The first kappa shape index (κ1) is 15.5. The molecule has 3 rings (SSSR count). The van der Waals surface area contributed by atoms with E-state index in [0.717, 1.165) is 12.1 Å². The van der Waals surface area contributed by atoms with Crippen LogP contribution in [0.5, 0.6) is 0 Å². The third-order valence-electron chi connectivity index (χ3n) is 3.40. The van der Waals surface area contributed by atoms with E-state index in [-0.39, 0.29) is 5.71 Å². The van der Waals surface area contributed by atoms with E-state index in [0.29, 0.717) is 33.7 Å². The molecule has 23 heavy (non-hydrogen) atoms. The average Bonchev–Trinajstić information content (AvgIpc) is 2.84. The zero-order valence-corrected chi connectivity index (χ0v) is 12.3. The van der Waals surface area contributed by atoms with Crippen LogP contribution in [0.15, 0.2) is 47.5 Å². The molecule has 0 N–H and O–H groups in total. The fraction of sp³-hybridized carbons (Fsp3) is 0.0588. The standard InChI is InChI=1S/C17H9ClF3NO/c18-12-4-5-15-14(8-12)13(16(9-23)22-15)7-10-2-1-3-11(6-10)17(19,20)21/h1-9H. The number of carbonyl (C=O) groups is 1. The first-order valence-corrected chi connectivity index (χ1v) is 6.99. The summed E-state index contributed by atoms with van der Waals surface area (Å²) < 4.78 is 38.4. The largest absolute Gasteiger partial charge is 0.416 e. The Morgan fingerprint density at radius 3 is 2.57 bits per heavy atom. The van der Waals surface area contributed by atoms with Crippen LogP contribution in [0.1, 0.15) is 16.7 Å². The van der Waals surface area contributed by atoms with E-state index < -0.39 is 11.7 Å². The molecule has 0 aliphatic carbocycles. The number of carbonyl (C=O) groups excluding carboxylic acids is 1. The van der Waals surface area contributed by atoms with Gasteiger partial charge in [-0.1, -0.05) is 23.7 Å². The Labute approximate surface area is 134 Å². The fourth-order valence-electron chi connectivity index (χ4n) is 2.36. The maximum atomic E-state index is 12.8. The summed E-state index contributed by atoms with van der Waals surface area (Å²) in [6.45, 7) is 0. The Bertz CT molecular complexity index is 853. The van der Waals surface area contributed by atoms with Gasteiger partial charge >= 0.3 is 6.18 Å². The molecular formula is C17H9ClF3NO. The molecule has 1 aliphatic rings. The van der Waals surface area contributed by atoms with Gasteiger partial charge in [0.1, 0.15) is 5.71 Å². The zero-order chi connectivity index (χ0) is 16.6. The molecule has 0 unspecified atom stereocenters. The van der Waals surface area contributed by atoms with E-state index in [1.165, 1.54) is 18.2 Å². The minimum Gasteiger partial charge on any atom is -0.296 e. The molecule has 0 radical (unpaired) electrons. The molecule has 0 amide bonds.